The summed E-state index contributed by atoms with van der Waals surface area (Å²) in [5.41, 5.74) is 5.59. The third kappa shape index (κ3) is 5.30. The molecule has 0 atom stereocenters. The van der Waals surface area contributed by atoms with Crippen molar-refractivity contribution in [3.63, 3.8) is 0 Å². The van der Waals surface area contributed by atoms with Crippen molar-refractivity contribution in [2.75, 3.05) is 37.6 Å². The lowest BCUT2D eigenvalue weighted by molar-refractivity contribution is 0.261. The van der Waals surface area contributed by atoms with Gasteiger partial charge in [0.05, 0.1) is 11.2 Å². The van der Waals surface area contributed by atoms with Gasteiger partial charge in [-0.2, -0.15) is 0 Å². The first-order chi connectivity index (χ1) is 15.6. The van der Waals surface area contributed by atoms with E-state index in [9.17, 15) is 4.79 Å². The van der Waals surface area contributed by atoms with Gasteiger partial charge in [-0.1, -0.05) is 18.2 Å². The molecule has 0 bridgehead atoms. The van der Waals surface area contributed by atoms with Gasteiger partial charge in [-0.3, -0.25) is 14.5 Å². The van der Waals surface area contributed by atoms with Crippen molar-refractivity contribution < 1.29 is 0 Å². The minimum atomic E-state index is -0.0166. The number of piperazine rings is 1. The number of fused-ring (bicyclic) bond motifs is 1. The van der Waals surface area contributed by atoms with E-state index in [-0.39, 0.29) is 30.5 Å². The number of nitrogens with zero attached hydrogens (tertiary/aromatic N) is 5. The summed E-state index contributed by atoms with van der Waals surface area (Å²) < 4.78 is 3.29. The van der Waals surface area contributed by atoms with Crippen LogP contribution in [-0.4, -0.2) is 51.7 Å². The Labute approximate surface area is 212 Å². The molecule has 0 spiro atoms. The zero-order valence-electron chi connectivity index (χ0n) is 19.6. The summed E-state index contributed by atoms with van der Waals surface area (Å²) in [7, 11) is 1.78. The Balaban J connectivity index is 0.00000162. The molecule has 2 aromatic heterocycles. The second-order valence-electron chi connectivity index (χ2n) is 8.61. The number of benzene rings is 2. The molecule has 0 amide bonds. The van der Waals surface area contributed by atoms with Crippen LogP contribution in [0.5, 0.6) is 0 Å². The van der Waals surface area contributed by atoms with E-state index in [1.807, 2.05) is 25.3 Å². The number of pyridine rings is 1. The zero-order chi connectivity index (χ0) is 22.1. The first kappa shape index (κ1) is 25.8. The Kier molecular flexibility index (Phi) is 8.42. The highest BCUT2D eigenvalue weighted by Gasteiger charge is 2.19. The van der Waals surface area contributed by atoms with Crippen LogP contribution < -0.4 is 10.6 Å². The van der Waals surface area contributed by atoms with Crippen LogP contribution >= 0.6 is 24.8 Å². The fourth-order valence-electron chi connectivity index (χ4n) is 4.54. The molecule has 0 unspecified atom stereocenters. The molecule has 1 fully saturated rings. The first-order valence-electron chi connectivity index (χ1n) is 11.3. The Morgan fingerprint density at radius 1 is 0.912 bits per heavy atom. The number of rotatable bonds is 5. The molecular formula is C26H31Cl2N5O. The summed E-state index contributed by atoms with van der Waals surface area (Å²) in [6.07, 6.45) is 4.60. The van der Waals surface area contributed by atoms with E-state index in [1.54, 1.807) is 22.4 Å². The van der Waals surface area contributed by atoms with E-state index in [0.29, 0.717) is 0 Å². The Morgan fingerprint density at radius 2 is 1.68 bits per heavy atom. The normalized spacial score (nSPS) is 14.0. The van der Waals surface area contributed by atoms with Crippen LogP contribution in [0.1, 0.15) is 11.3 Å². The zero-order valence-corrected chi connectivity index (χ0v) is 21.2. The summed E-state index contributed by atoms with van der Waals surface area (Å²) >= 11 is 0. The van der Waals surface area contributed by atoms with Crippen molar-refractivity contribution in [3.05, 3.63) is 88.7 Å². The van der Waals surface area contributed by atoms with Gasteiger partial charge in [0, 0.05) is 68.9 Å². The molecular weight excluding hydrogens is 469 g/mol. The SMILES string of the molecule is Cc1ccc2c(N3CCN(CCc4cccc(-n5ccn(C)c5=O)c4)CC3)cccc2n1.Cl.Cl. The maximum absolute atomic E-state index is 12.2. The van der Waals surface area contributed by atoms with Gasteiger partial charge >= 0.3 is 5.69 Å². The standard InChI is InChI=1S/C26H29N5O.2ClH/c1-20-9-10-23-24(27-20)7-4-8-25(23)30-16-14-29(15-17-30)12-11-21-5-3-6-22(19-21)31-18-13-28(2)26(31)32;;/h3-10,13,18-19H,11-12,14-17H2,1-2H3;2*1H. The fraction of sp³-hybridized carbons (Fsp3) is 0.308. The van der Waals surface area contributed by atoms with Crippen molar-refractivity contribution >= 4 is 41.4 Å². The molecule has 2 aromatic carbocycles. The van der Waals surface area contributed by atoms with Gasteiger partial charge in [-0.05, 0) is 55.3 Å². The van der Waals surface area contributed by atoms with Gasteiger partial charge < -0.3 is 9.47 Å². The highest BCUT2D eigenvalue weighted by molar-refractivity contribution is 5.92. The second-order valence-corrected chi connectivity index (χ2v) is 8.61. The van der Waals surface area contributed by atoms with Crippen LogP contribution in [0, 0.1) is 6.92 Å². The third-order valence-electron chi connectivity index (χ3n) is 6.41. The molecule has 0 saturated carbocycles. The molecule has 3 heterocycles. The van der Waals surface area contributed by atoms with E-state index in [0.717, 1.165) is 56.0 Å². The minimum Gasteiger partial charge on any atom is -0.368 e. The van der Waals surface area contributed by atoms with Crippen LogP contribution in [0.3, 0.4) is 0 Å². The van der Waals surface area contributed by atoms with Gasteiger partial charge in [0.2, 0.25) is 0 Å². The summed E-state index contributed by atoms with van der Waals surface area (Å²) in [5, 5.41) is 1.24. The van der Waals surface area contributed by atoms with Crippen LogP contribution in [-0.2, 0) is 13.5 Å². The van der Waals surface area contributed by atoms with Crippen LogP contribution in [0.15, 0.2) is 71.8 Å². The summed E-state index contributed by atoms with van der Waals surface area (Å²) in [6.45, 7) is 7.20. The molecule has 0 radical (unpaired) electrons. The van der Waals surface area contributed by atoms with Crippen molar-refractivity contribution in [2.24, 2.45) is 7.05 Å². The van der Waals surface area contributed by atoms with E-state index >= 15 is 0 Å². The Hall–Kier alpha value is -2.80. The number of aryl methyl sites for hydroxylation is 2. The topological polar surface area (TPSA) is 46.3 Å². The van der Waals surface area contributed by atoms with Gasteiger partial charge in [-0.25, -0.2) is 4.79 Å². The molecule has 1 aliphatic heterocycles. The van der Waals surface area contributed by atoms with Crippen LogP contribution in [0.4, 0.5) is 5.69 Å². The maximum atomic E-state index is 12.2. The van der Waals surface area contributed by atoms with Crippen molar-refractivity contribution in [2.45, 2.75) is 13.3 Å². The largest absolute Gasteiger partial charge is 0.368 e. The summed E-state index contributed by atoms with van der Waals surface area (Å²) in [4.78, 5) is 21.9. The van der Waals surface area contributed by atoms with Gasteiger partial charge in [0.25, 0.3) is 0 Å². The molecule has 8 heteroatoms. The molecule has 1 saturated heterocycles. The summed E-state index contributed by atoms with van der Waals surface area (Å²) in [6, 6.07) is 19.0. The minimum absolute atomic E-state index is 0. The number of hydrogen-bond acceptors (Lipinski definition) is 4. The van der Waals surface area contributed by atoms with E-state index in [2.05, 4.69) is 57.2 Å². The average molecular weight is 500 g/mol. The van der Waals surface area contributed by atoms with Gasteiger partial charge in [0.1, 0.15) is 0 Å². The van der Waals surface area contributed by atoms with Crippen LogP contribution in [0.25, 0.3) is 16.6 Å². The average Bonchev–Trinajstić information content (AvgIpc) is 3.16. The quantitative estimate of drug-likeness (QED) is 0.411. The second kappa shape index (κ2) is 11.1. The maximum Gasteiger partial charge on any atom is 0.332 e. The molecule has 180 valence electrons. The lowest BCUT2D eigenvalue weighted by Crippen LogP contribution is -2.47. The molecule has 1 aliphatic rings. The van der Waals surface area contributed by atoms with Crippen molar-refractivity contribution in [1.29, 1.82) is 0 Å². The number of aromatic nitrogens is 3. The third-order valence-corrected chi connectivity index (χ3v) is 6.41. The fourth-order valence-corrected chi connectivity index (χ4v) is 4.54. The number of imidazole rings is 1. The first-order valence-corrected chi connectivity index (χ1v) is 11.3. The monoisotopic (exact) mass is 499 g/mol. The molecule has 6 nitrogen and oxygen atoms in total. The van der Waals surface area contributed by atoms with Crippen LogP contribution in [0.2, 0.25) is 0 Å². The number of anilines is 1. The lowest BCUT2D eigenvalue weighted by Gasteiger charge is -2.36. The van der Waals surface area contributed by atoms with E-state index < -0.39 is 0 Å². The van der Waals surface area contributed by atoms with Crippen molar-refractivity contribution in [3.8, 4) is 5.69 Å². The highest BCUT2D eigenvalue weighted by atomic mass is 35.5. The predicted octanol–water partition coefficient (Wildman–Crippen LogP) is 4.24. The van der Waals surface area contributed by atoms with Gasteiger partial charge in [-0.15, -0.1) is 24.8 Å². The molecule has 34 heavy (non-hydrogen) atoms. The molecule has 0 N–H and O–H groups in total. The van der Waals surface area contributed by atoms with E-state index in [4.69, 9.17) is 0 Å². The Morgan fingerprint density at radius 3 is 2.41 bits per heavy atom. The number of hydrogen-bond donors (Lipinski definition) is 0. The predicted molar refractivity (Wildman–Crippen MR) is 144 cm³/mol. The Bertz CT molecular complexity index is 1310. The molecule has 5 rings (SSSR count). The molecule has 4 aromatic rings. The van der Waals surface area contributed by atoms with E-state index in [1.165, 1.54) is 16.6 Å². The highest BCUT2D eigenvalue weighted by Crippen LogP contribution is 2.27. The lowest BCUT2D eigenvalue weighted by atomic mass is 10.1. The smallest absolute Gasteiger partial charge is 0.332 e. The number of halogens is 2. The van der Waals surface area contributed by atoms with Crippen molar-refractivity contribution in [1.82, 2.24) is 19.0 Å². The summed E-state index contributed by atoms with van der Waals surface area (Å²) in [5.74, 6) is 0. The van der Waals surface area contributed by atoms with Gasteiger partial charge in [0.15, 0.2) is 0 Å². The molecule has 0 aliphatic carbocycles.